The van der Waals surface area contributed by atoms with Crippen molar-refractivity contribution in [3.05, 3.63) is 12.2 Å². The first-order valence-electron chi connectivity index (χ1n) is 8.13. The quantitative estimate of drug-likeness (QED) is 0.425. The summed E-state index contributed by atoms with van der Waals surface area (Å²) in [7, 11) is -2.09. The molecule has 0 fully saturated rings. The van der Waals surface area contributed by atoms with Crippen LogP contribution >= 0.6 is 0 Å². The fourth-order valence-electron chi connectivity index (χ4n) is 2.41. The van der Waals surface area contributed by atoms with E-state index in [-0.39, 0.29) is 0 Å². The van der Waals surface area contributed by atoms with Crippen LogP contribution in [0.15, 0.2) is 12.2 Å². The molecule has 0 bridgehead atoms. The smallest absolute Gasteiger partial charge is 0.328 e. The van der Waals surface area contributed by atoms with E-state index in [4.69, 9.17) is 9.53 Å². The highest BCUT2D eigenvalue weighted by Crippen LogP contribution is 2.29. The third-order valence-electron chi connectivity index (χ3n) is 3.64. The monoisotopic (exact) mass is 314 g/mol. The molecule has 0 radical (unpaired) electrons. The maximum absolute atomic E-state index is 11.9. The fourth-order valence-corrected chi connectivity index (χ4v) is 6.96. The fraction of sp³-hybridized carbons (Fsp3) is 0.750. The van der Waals surface area contributed by atoms with Crippen molar-refractivity contribution >= 4 is 20.3 Å². The summed E-state index contributed by atoms with van der Waals surface area (Å²) in [6, 6.07) is 2.99. The van der Waals surface area contributed by atoms with E-state index >= 15 is 0 Å². The van der Waals surface area contributed by atoms with Gasteiger partial charge in [0.05, 0.1) is 0 Å². The van der Waals surface area contributed by atoms with Crippen molar-refractivity contribution < 1.29 is 19.1 Å². The average Bonchev–Trinajstić information content (AvgIpc) is 2.46. The molecule has 0 spiro atoms. The van der Waals surface area contributed by atoms with Crippen LogP contribution in [-0.2, 0) is 14.0 Å². The Morgan fingerprint density at radius 3 is 1.67 bits per heavy atom. The molecule has 5 heteroatoms. The maximum atomic E-state index is 11.9. The van der Waals surface area contributed by atoms with Gasteiger partial charge in [-0.2, -0.15) is 0 Å². The van der Waals surface area contributed by atoms with E-state index in [1.807, 2.05) is 0 Å². The first-order chi connectivity index (χ1) is 9.99. The summed E-state index contributed by atoms with van der Waals surface area (Å²) in [5.74, 6) is -1.60. The van der Waals surface area contributed by atoms with Crippen molar-refractivity contribution in [2.45, 2.75) is 77.4 Å². The molecule has 0 aliphatic rings. The Bertz CT molecular complexity index is 317. The van der Waals surface area contributed by atoms with E-state index in [1.165, 1.54) is 0 Å². The lowest BCUT2D eigenvalue weighted by Gasteiger charge is -2.31. The van der Waals surface area contributed by atoms with Crippen LogP contribution in [0.25, 0.3) is 0 Å². The van der Waals surface area contributed by atoms with E-state index in [0.29, 0.717) is 0 Å². The van der Waals surface area contributed by atoms with E-state index in [0.717, 1.165) is 68.8 Å². The third kappa shape index (κ3) is 9.45. The summed E-state index contributed by atoms with van der Waals surface area (Å²) in [5, 5.41) is 8.60. The summed E-state index contributed by atoms with van der Waals surface area (Å²) in [5.41, 5.74) is 0. The number of hydrogen-bond acceptors (Lipinski definition) is 3. The van der Waals surface area contributed by atoms with Gasteiger partial charge in [0.15, 0.2) is 0 Å². The lowest BCUT2D eigenvalue weighted by atomic mass is 10.4. The molecule has 1 N–H and O–H groups in total. The number of aliphatic carboxylic acids is 1. The molecule has 0 unspecified atom stereocenters. The lowest BCUT2D eigenvalue weighted by molar-refractivity contribution is -0.133. The van der Waals surface area contributed by atoms with Crippen molar-refractivity contribution in [3.63, 3.8) is 0 Å². The Labute approximate surface area is 129 Å². The van der Waals surface area contributed by atoms with Crippen LogP contribution in [0, 0.1) is 0 Å². The van der Waals surface area contributed by atoms with Crippen molar-refractivity contribution in [2.24, 2.45) is 0 Å². The Hall–Kier alpha value is -1.10. The molecule has 122 valence electrons. The molecule has 0 saturated heterocycles. The van der Waals surface area contributed by atoms with Crippen molar-refractivity contribution in [3.8, 4) is 0 Å². The van der Waals surface area contributed by atoms with Gasteiger partial charge < -0.3 is 9.53 Å². The Balaban J connectivity index is 4.92. The predicted molar refractivity (Wildman–Crippen MR) is 87.8 cm³/mol. The lowest BCUT2D eigenvalue weighted by Crippen LogP contribution is -2.40. The van der Waals surface area contributed by atoms with Crippen LogP contribution in [0.5, 0.6) is 0 Å². The predicted octanol–water partition coefficient (Wildman–Crippen LogP) is 4.52. The maximum Gasteiger partial charge on any atom is 0.328 e. The van der Waals surface area contributed by atoms with E-state index in [1.54, 1.807) is 0 Å². The van der Waals surface area contributed by atoms with E-state index in [2.05, 4.69) is 20.8 Å². The molecular formula is C16H30O4Si. The van der Waals surface area contributed by atoms with Gasteiger partial charge >= 0.3 is 11.9 Å². The number of carboxylic acids is 1. The first-order valence-corrected chi connectivity index (χ1v) is 10.7. The number of unbranched alkanes of at least 4 members (excludes halogenated alkanes) is 3. The first kappa shape index (κ1) is 19.9. The SMILES string of the molecule is CCCC[Si](CCCC)(CCCC)OC(=O)C=CC(=O)O. The normalized spacial score (nSPS) is 11.8. The van der Waals surface area contributed by atoms with Crippen LogP contribution in [0.1, 0.15) is 59.3 Å². The van der Waals surface area contributed by atoms with Gasteiger partial charge in [-0.15, -0.1) is 0 Å². The number of rotatable bonds is 12. The molecule has 0 aliphatic carbocycles. The summed E-state index contributed by atoms with van der Waals surface area (Å²) in [6.07, 6.45) is 8.43. The second kappa shape index (κ2) is 11.5. The largest absolute Gasteiger partial charge is 0.516 e. The van der Waals surface area contributed by atoms with Gasteiger partial charge in [-0.05, 0) is 18.1 Å². The highest BCUT2D eigenvalue weighted by molar-refractivity contribution is 6.75. The Morgan fingerprint density at radius 1 is 0.905 bits per heavy atom. The zero-order chi connectivity index (χ0) is 16.1. The molecule has 0 rings (SSSR count). The average molecular weight is 314 g/mol. The number of hydrogen-bond donors (Lipinski definition) is 1. The van der Waals surface area contributed by atoms with Crippen molar-refractivity contribution in [1.29, 1.82) is 0 Å². The minimum Gasteiger partial charge on any atom is -0.516 e. The van der Waals surface area contributed by atoms with Gasteiger partial charge in [0, 0.05) is 12.2 Å². The molecule has 0 atom stereocenters. The summed E-state index contributed by atoms with van der Waals surface area (Å²) in [6.45, 7) is 6.43. The van der Waals surface area contributed by atoms with Gasteiger partial charge in [0.25, 0.3) is 8.32 Å². The molecule has 4 nitrogen and oxygen atoms in total. The molecule has 0 saturated carbocycles. The third-order valence-corrected chi connectivity index (χ3v) is 8.07. The molecule has 0 amide bonds. The van der Waals surface area contributed by atoms with Gasteiger partial charge in [0.2, 0.25) is 0 Å². The van der Waals surface area contributed by atoms with Crippen LogP contribution in [0.4, 0.5) is 0 Å². The van der Waals surface area contributed by atoms with Gasteiger partial charge in [0.1, 0.15) is 0 Å². The van der Waals surface area contributed by atoms with Gasteiger partial charge in [-0.25, -0.2) is 9.59 Å². The summed E-state index contributed by atoms with van der Waals surface area (Å²) < 4.78 is 5.84. The second-order valence-corrected chi connectivity index (χ2v) is 9.66. The van der Waals surface area contributed by atoms with Gasteiger partial charge in [-0.3, -0.25) is 0 Å². The van der Waals surface area contributed by atoms with Crippen LogP contribution < -0.4 is 0 Å². The standard InChI is InChI=1S/C16H30O4Si/c1-4-7-12-21(13-8-5-2,14-9-6-3)20-16(19)11-10-15(17)18/h10-11H,4-9,12-14H2,1-3H3,(H,17,18). The highest BCUT2D eigenvalue weighted by Gasteiger charge is 2.36. The minimum atomic E-state index is -2.09. The zero-order valence-electron chi connectivity index (χ0n) is 13.7. The number of carboxylic acid groups (broad SMARTS) is 1. The molecule has 0 aromatic heterocycles. The van der Waals surface area contributed by atoms with Crippen LogP contribution in [0.3, 0.4) is 0 Å². The second-order valence-electron chi connectivity index (χ2n) is 5.59. The Morgan fingerprint density at radius 2 is 1.33 bits per heavy atom. The van der Waals surface area contributed by atoms with Crippen LogP contribution in [0.2, 0.25) is 18.1 Å². The number of carbonyl (C=O) groups excluding carboxylic acids is 1. The molecule has 0 aromatic rings. The van der Waals surface area contributed by atoms with E-state index in [9.17, 15) is 9.59 Å². The molecule has 0 aromatic carbocycles. The van der Waals surface area contributed by atoms with Crippen molar-refractivity contribution in [1.82, 2.24) is 0 Å². The molecule has 21 heavy (non-hydrogen) atoms. The van der Waals surface area contributed by atoms with Crippen LogP contribution in [-0.4, -0.2) is 25.4 Å². The highest BCUT2D eigenvalue weighted by atomic mass is 28.4. The van der Waals surface area contributed by atoms with E-state index < -0.39 is 20.3 Å². The molecular weight excluding hydrogens is 284 g/mol. The zero-order valence-corrected chi connectivity index (χ0v) is 14.7. The van der Waals surface area contributed by atoms with Gasteiger partial charge in [-0.1, -0.05) is 59.3 Å². The Kier molecular flexibility index (Phi) is 10.9. The number of carbonyl (C=O) groups is 2. The minimum absolute atomic E-state index is 0.479. The molecule has 0 heterocycles. The summed E-state index contributed by atoms with van der Waals surface area (Å²) >= 11 is 0. The van der Waals surface area contributed by atoms with Crippen molar-refractivity contribution in [2.75, 3.05) is 0 Å². The summed E-state index contributed by atoms with van der Waals surface area (Å²) in [4.78, 5) is 22.4. The molecule has 0 aliphatic heterocycles. The topological polar surface area (TPSA) is 63.6 Å².